The third-order valence-corrected chi connectivity index (χ3v) is 7.27. The van der Waals surface area contributed by atoms with Crippen LogP contribution in [0.2, 0.25) is 0 Å². The van der Waals surface area contributed by atoms with Gasteiger partial charge in [0.05, 0.1) is 18.0 Å². The summed E-state index contributed by atoms with van der Waals surface area (Å²) in [6.07, 6.45) is 4.53. The van der Waals surface area contributed by atoms with Crippen LogP contribution in [-0.2, 0) is 11.3 Å². The predicted octanol–water partition coefficient (Wildman–Crippen LogP) is 5.22. The highest BCUT2D eigenvalue weighted by Gasteiger charge is 2.33. The zero-order chi connectivity index (χ0) is 30.7. The molecule has 3 N–H and O–H groups in total. The Bertz CT molecular complexity index is 1710. The van der Waals surface area contributed by atoms with Gasteiger partial charge in [0.25, 0.3) is 5.91 Å². The van der Waals surface area contributed by atoms with Gasteiger partial charge < -0.3 is 20.7 Å². The second-order valence-electron chi connectivity index (χ2n) is 11.5. The summed E-state index contributed by atoms with van der Waals surface area (Å²) < 4.78 is 22.9. The molecule has 10 nitrogen and oxygen atoms in total. The lowest BCUT2D eigenvalue weighted by Crippen LogP contribution is -2.44. The van der Waals surface area contributed by atoms with Gasteiger partial charge in [-0.25, -0.2) is 19.0 Å². The van der Waals surface area contributed by atoms with E-state index in [2.05, 4.69) is 21.4 Å². The van der Waals surface area contributed by atoms with Gasteiger partial charge in [0, 0.05) is 29.8 Å². The van der Waals surface area contributed by atoms with Crippen LogP contribution in [0, 0.1) is 17.1 Å². The number of hydrogen-bond acceptors (Lipinski definition) is 8. The summed E-state index contributed by atoms with van der Waals surface area (Å²) in [5.74, 6) is 0.238. The third-order valence-electron chi connectivity index (χ3n) is 7.27. The molecule has 0 aliphatic carbocycles. The first-order chi connectivity index (χ1) is 20.6. The molecule has 2 aromatic heterocycles. The number of likely N-dealkylation sites (tertiary alicyclic amines) is 1. The van der Waals surface area contributed by atoms with E-state index in [4.69, 9.17) is 15.6 Å². The molecule has 0 spiro atoms. The number of nitrogens with zero attached hydrogens (tertiary/aromatic N) is 6. The Morgan fingerprint density at radius 1 is 1.23 bits per heavy atom. The number of rotatable bonds is 9. The zero-order valence-electron chi connectivity index (χ0n) is 24.7. The Kier molecular flexibility index (Phi) is 8.41. The summed E-state index contributed by atoms with van der Waals surface area (Å²) >= 11 is 0. The topological polar surface area (TPSA) is 135 Å². The molecule has 1 amide bonds. The lowest BCUT2D eigenvalue weighted by atomic mass is 9.99. The van der Waals surface area contributed by atoms with E-state index in [0.29, 0.717) is 41.3 Å². The Morgan fingerprint density at radius 3 is 2.70 bits per heavy atom. The van der Waals surface area contributed by atoms with Gasteiger partial charge in [0.2, 0.25) is 0 Å². The number of amides is 1. The molecule has 0 bridgehead atoms. The molecule has 1 saturated heterocycles. The predicted molar refractivity (Wildman–Crippen MR) is 162 cm³/mol. The van der Waals surface area contributed by atoms with Crippen LogP contribution in [0.3, 0.4) is 0 Å². The molecular weight excluding hydrogens is 547 g/mol. The average molecular weight is 583 g/mol. The van der Waals surface area contributed by atoms with E-state index in [1.807, 2.05) is 45.9 Å². The molecule has 11 heteroatoms. The van der Waals surface area contributed by atoms with Crippen molar-refractivity contribution in [2.24, 2.45) is 0 Å². The number of ether oxygens (including phenoxy) is 1. The Morgan fingerprint density at radius 2 is 2.00 bits per heavy atom. The summed E-state index contributed by atoms with van der Waals surface area (Å²) in [4.78, 5) is 23.8. The largest absolute Gasteiger partial charge is 0.457 e. The second-order valence-corrected chi connectivity index (χ2v) is 11.5. The van der Waals surface area contributed by atoms with Crippen molar-refractivity contribution in [1.29, 1.82) is 5.26 Å². The van der Waals surface area contributed by atoms with Crippen molar-refractivity contribution in [3.8, 4) is 28.8 Å². The lowest BCUT2D eigenvalue weighted by molar-refractivity contribution is -0.127. The van der Waals surface area contributed by atoms with E-state index >= 15 is 4.39 Å². The molecule has 0 unspecified atom stereocenters. The van der Waals surface area contributed by atoms with E-state index in [-0.39, 0.29) is 34.9 Å². The standard InChI is InChI=1S/C32H35FN8O2/c1-20(2)38-32(3,4)16-21(17-34)31(42)40-14-8-9-22(40)18-41-30-27(29(35)36-19-37-30)28(39-41)25-13-12-24(15-26(25)33)43-23-10-6-5-7-11-23/h5-7,10-13,15-16,19-20,22,38H,8-9,14,18H2,1-4H3,(H2,35,36,37)/b21-16-/t22-/m0/s1. The fraction of sp³-hybridized carbons (Fsp3) is 0.344. The summed E-state index contributed by atoms with van der Waals surface area (Å²) in [5.41, 5.74) is 6.75. The minimum Gasteiger partial charge on any atom is -0.457 e. The maximum atomic E-state index is 15.5. The molecule has 4 aromatic rings. The van der Waals surface area contributed by atoms with Crippen molar-refractivity contribution in [3.63, 3.8) is 0 Å². The number of benzene rings is 2. The van der Waals surface area contributed by atoms with Crippen molar-refractivity contribution in [1.82, 2.24) is 30.0 Å². The van der Waals surface area contributed by atoms with Gasteiger partial charge in [-0.3, -0.25) is 4.79 Å². The number of nitrogens with one attached hydrogen (secondary N) is 1. The van der Waals surface area contributed by atoms with E-state index in [1.54, 1.807) is 39.9 Å². The van der Waals surface area contributed by atoms with E-state index in [0.717, 1.165) is 12.8 Å². The summed E-state index contributed by atoms with van der Waals surface area (Å²) in [6.45, 7) is 8.69. The van der Waals surface area contributed by atoms with Crippen LogP contribution in [0.15, 0.2) is 66.5 Å². The highest BCUT2D eigenvalue weighted by atomic mass is 19.1. The molecular formula is C32H35FN8O2. The molecule has 3 heterocycles. The number of hydrogen-bond donors (Lipinski definition) is 2. The number of fused-ring (bicyclic) bond motifs is 1. The number of anilines is 1. The van der Waals surface area contributed by atoms with Crippen LogP contribution in [-0.4, -0.2) is 54.7 Å². The molecule has 1 aliphatic heterocycles. The molecule has 0 radical (unpaired) electrons. The van der Waals surface area contributed by atoms with Gasteiger partial charge in [-0.2, -0.15) is 10.4 Å². The van der Waals surface area contributed by atoms with Crippen molar-refractivity contribution in [2.45, 2.75) is 64.7 Å². The number of carbonyl (C=O) groups is 1. The van der Waals surface area contributed by atoms with Crippen molar-refractivity contribution < 1.29 is 13.9 Å². The molecule has 222 valence electrons. The summed E-state index contributed by atoms with van der Waals surface area (Å²) in [6, 6.07) is 15.7. The fourth-order valence-corrected chi connectivity index (χ4v) is 5.66. The minimum atomic E-state index is -0.544. The molecule has 1 aliphatic rings. The van der Waals surface area contributed by atoms with Crippen LogP contribution in [0.5, 0.6) is 11.5 Å². The fourth-order valence-electron chi connectivity index (χ4n) is 5.66. The molecule has 2 aromatic carbocycles. The van der Waals surface area contributed by atoms with Gasteiger partial charge >= 0.3 is 0 Å². The first-order valence-corrected chi connectivity index (χ1v) is 14.3. The highest BCUT2D eigenvalue weighted by Crippen LogP contribution is 2.35. The first kappa shape index (κ1) is 29.7. The monoisotopic (exact) mass is 582 g/mol. The molecule has 43 heavy (non-hydrogen) atoms. The number of nitriles is 1. The first-order valence-electron chi connectivity index (χ1n) is 14.3. The van der Waals surface area contributed by atoms with Crippen LogP contribution in [0.25, 0.3) is 22.3 Å². The zero-order valence-corrected chi connectivity index (χ0v) is 24.7. The van der Waals surface area contributed by atoms with Gasteiger partial charge in [0.15, 0.2) is 5.65 Å². The molecule has 1 atom stereocenters. The number of nitrogens with two attached hydrogens (primary N) is 1. The second kappa shape index (κ2) is 12.2. The number of halogens is 1. The highest BCUT2D eigenvalue weighted by molar-refractivity contribution is 5.99. The number of aromatic nitrogens is 4. The Labute approximate surface area is 250 Å². The number of para-hydroxylation sites is 1. The van der Waals surface area contributed by atoms with E-state index < -0.39 is 11.4 Å². The van der Waals surface area contributed by atoms with Crippen molar-refractivity contribution >= 4 is 22.8 Å². The van der Waals surface area contributed by atoms with E-state index in [1.165, 1.54) is 12.4 Å². The van der Waals surface area contributed by atoms with Gasteiger partial charge in [-0.05, 0) is 57.0 Å². The van der Waals surface area contributed by atoms with Crippen molar-refractivity contribution in [3.05, 3.63) is 72.3 Å². The van der Waals surface area contributed by atoms with Crippen LogP contribution >= 0.6 is 0 Å². The Hall–Kier alpha value is -4.82. The lowest BCUT2D eigenvalue weighted by Gasteiger charge is -2.28. The van der Waals surface area contributed by atoms with Crippen LogP contribution < -0.4 is 15.8 Å². The normalized spacial score (nSPS) is 15.7. The SMILES string of the molecule is CC(C)NC(C)(C)/C=C(/C#N)C(=O)N1CCC[C@H]1Cn1nc(-c2ccc(Oc3ccccc3)cc2F)c2c(N)ncnc21. The maximum Gasteiger partial charge on any atom is 0.264 e. The van der Waals surface area contributed by atoms with Crippen LogP contribution in [0.1, 0.15) is 40.5 Å². The van der Waals surface area contributed by atoms with E-state index in [9.17, 15) is 10.1 Å². The smallest absolute Gasteiger partial charge is 0.264 e. The third kappa shape index (κ3) is 6.49. The maximum absolute atomic E-state index is 15.5. The summed E-state index contributed by atoms with van der Waals surface area (Å²) in [5, 5.41) is 18.4. The molecule has 0 saturated carbocycles. The number of carbonyl (C=O) groups excluding carboxylic acids is 1. The summed E-state index contributed by atoms with van der Waals surface area (Å²) in [7, 11) is 0. The van der Waals surface area contributed by atoms with Gasteiger partial charge in [0.1, 0.15) is 46.8 Å². The molecule has 1 fully saturated rings. The minimum absolute atomic E-state index is 0.0857. The molecule has 5 rings (SSSR count). The quantitative estimate of drug-likeness (QED) is 0.203. The van der Waals surface area contributed by atoms with Gasteiger partial charge in [-0.15, -0.1) is 0 Å². The number of nitrogen functional groups attached to an aromatic ring is 1. The average Bonchev–Trinajstić information content (AvgIpc) is 3.57. The Balaban J connectivity index is 1.45. The van der Waals surface area contributed by atoms with Crippen molar-refractivity contribution in [2.75, 3.05) is 12.3 Å². The van der Waals surface area contributed by atoms with Gasteiger partial charge in [-0.1, -0.05) is 32.0 Å². The van der Waals surface area contributed by atoms with Crippen LogP contribution in [0.4, 0.5) is 10.2 Å².